The highest BCUT2D eigenvalue weighted by Gasteiger charge is 2.11. The van der Waals surface area contributed by atoms with Crippen LogP contribution in [-0.4, -0.2) is 35.1 Å². The quantitative estimate of drug-likeness (QED) is 0.741. The van der Waals surface area contributed by atoms with Crippen LogP contribution in [0.25, 0.3) is 0 Å². The van der Waals surface area contributed by atoms with Gasteiger partial charge >= 0.3 is 5.97 Å². The normalized spacial score (nSPS) is 11.9. The molecule has 0 aromatic heterocycles. The number of nitrogens with two attached hydrogens (primary N) is 1. The lowest BCUT2D eigenvalue weighted by atomic mass is 10.2. The minimum absolute atomic E-state index is 0.0356. The van der Waals surface area contributed by atoms with Crippen molar-refractivity contribution >= 4 is 22.8 Å². The fourth-order valence-electron chi connectivity index (χ4n) is 1.40. The first-order chi connectivity index (χ1) is 9.04. The molecule has 3 N–H and O–H groups in total. The van der Waals surface area contributed by atoms with Gasteiger partial charge in [-0.2, -0.15) is 0 Å². The first kappa shape index (κ1) is 15.5. The van der Waals surface area contributed by atoms with Crippen molar-refractivity contribution in [3.8, 4) is 5.75 Å². The number of aliphatic carboxylic acids is 1. The summed E-state index contributed by atoms with van der Waals surface area (Å²) in [6.07, 6.45) is 0.970. The predicted molar refractivity (Wildman–Crippen MR) is 74.6 cm³/mol. The topological polar surface area (TPSA) is 89.6 Å². The van der Waals surface area contributed by atoms with E-state index in [-0.39, 0.29) is 5.12 Å². The number of carbonyl (C=O) groups excluding carboxylic acids is 1. The van der Waals surface area contributed by atoms with Gasteiger partial charge in [0.15, 0.2) is 0 Å². The standard InChI is InChI=1S/C13H17NO4S/c1-18-10-6-4-9(5-7-10)13(17)19-8-2-3-11(14)12(15)16/h4-7,11H,2-3,8,14H2,1H3,(H,15,16). The number of carbonyl (C=O) groups is 2. The highest BCUT2D eigenvalue weighted by molar-refractivity contribution is 8.14. The molecule has 1 aromatic rings. The Morgan fingerprint density at radius 1 is 1.37 bits per heavy atom. The first-order valence-electron chi connectivity index (χ1n) is 5.84. The Morgan fingerprint density at radius 3 is 2.53 bits per heavy atom. The summed E-state index contributed by atoms with van der Waals surface area (Å²) in [4.78, 5) is 22.3. The van der Waals surface area contributed by atoms with E-state index in [1.807, 2.05) is 0 Å². The van der Waals surface area contributed by atoms with Crippen LogP contribution >= 0.6 is 11.8 Å². The Kier molecular flexibility index (Phi) is 6.38. The maximum atomic E-state index is 11.8. The van der Waals surface area contributed by atoms with E-state index in [0.717, 1.165) is 0 Å². The lowest BCUT2D eigenvalue weighted by Gasteiger charge is -2.05. The second-order valence-electron chi connectivity index (χ2n) is 3.95. The van der Waals surface area contributed by atoms with Crippen molar-refractivity contribution in [2.45, 2.75) is 18.9 Å². The van der Waals surface area contributed by atoms with E-state index in [0.29, 0.717) is 29.9 Å². The fraction of sp³-hybridized carbons (Fsp3) is 0.385. The number of carboxylic acids is 1. The van der Waals surface area contributed by atoms with Crippen molar-refractivity contribution in [3.63, 3.8) is 0 Å². The SMILES string of the molecule is COc1ccc(C(=O)SCCCC(N)C(=O)O)cc1. The van der Waals surface area contributed by atoms with Crippen molar-refractivity contribution in [2.24, 2.45) is 5.73 Å². The van der Waals surface area contributed by atoms with Gasteiger partial charge in [-0.1, -0.05) is 11.8 Å². The zero-order valence-corrected chi connectivity index (χ0v) is 11.5. The van der Waals surface area contributed by atoms with E-state index in [2.05, 4.69) is 0 Å². The molecule has 104 valence electrons. The first-order valence-corrected chi connectivity index (χ1v) is 6.82. The highest BCUT2D eigenvalue weighted by atomic mass is 32.2. The Labute approximate surface area is 116 Å². The summed E-state index contributed by atoms with van der Waals surface area (Å²) in [5.41, 5.74) is 5.97. The van der Waals surface area contributed by atoms with E-state index in [9.17, 15) is 9.59 Å². The minimum atomic E-state index is -1.01. The second-order valence-corrected chi connectivity index (χ2v) is 5.02. The lowest BCUT2D eigenvalue weighted by molar-refractivity contribution is -0.138. The molecule has 5 nitrogen and oxygen atoms in total. The Morgan fingerprint density at radius 2 is 2.00 bits per heavy atom. The highest BCUT2D eigenvalue weighted by Crippen LogP contribution is 2.17. The van der Waals surface area contributed by atoms with E-state index >= 15 is 0 Å². The summed E-state index contributed by atoms with van der Waals surface area (Å²) in [6.45, 7) is 0. The molecule has 0 heterocycles. The van der Waals surface area contributed by atoms with Crippen molar-refractivity contribution in [3.05, 3.63) is 29.8 Å². The Balaban J connectivity index is 2.32. The maximum absolute atomic E-state index is 11.8. The summed E-state index contributed by atoms with van der Waals surface area (Å²) in [6, 6.07) is 6.02. The fourth-order valence-corrected chi connectivity index (χ4v) is 2.20. The number of thioether (sulfide) groups is 1. The molecular weight excluding hydrogens is 266 g/mol. The zero-order valence-electron chi connectivity index (χ0n) is 10.7. The largest absolute Gasteiger partial charge is 0.497 e. The van der Waals surface area contributed by atoms with Crippen LogP contribution < -0.4 is 10.5 Å². The number of ether oxygens (including phenoxy) is 1. The van der Waals surface area contributed by atoms with Gasteiger partial charge < -0.3 is 15.6 Å². The van der Waals surface area contributed by atoms with Gasteiger partial charge in [0.1, 0.15) is 11.8 Å². The van der Waals surface area contributed by atoms with Crippen LogP contribution in [0, 0.1) is 0 Å². The third kappa shape index (κ3) is 5.32. The van der Waals surface area contributed by atoms with Gasteiger partial charge in [0.25, 0.3) is 0 Å². The molecule has 1 unspecified atom stereocenters. The van der Waals surface area contributed by atoms with Crippen LogP contribution in [-0.2, 0) is 4.79 Å². The summed E-state index contributed by atoms with van der Waals surface area (Å²) < 4.78 is 5.01. The molecule has 19 heavy (non-hydrogen) atoms. The Bertz CT molecular complexity index is 433. The number of methoxy groups -OCH3 is 1. The van der Waals surface area contributed by atoms with Crippen LogP contribution in [0.5, 0.6) is 5.75 Å². The van der Waals surface area contributed by atoms with Crippen LogP contribution in [0.2, 0.25) is 0 Å². The Hall–Kier alpha value is -1.53. The van der Waals surface area contributed by atoms with Gasteiger partial charge in [-0.3, -0.25) is 9.59 Å². The van der Waals surface area contributed by atoms with Gasteiger partial charge in [0.05, 0.1) is 7.11 Å². The summed E-state index contributed by atoms with van der Waals surface area (Å²) >= 11 is 1.17. The number of carboxylic acid groups (broad SMARTS) is 1. The van der Waals surface area contributed by atoms with E-state index in [1.54, 1.807) is 31.4 Å². The second kappa shape index (κ2) is 7.81. The average Bonchev–Trinajstić information content (AvgIpc) is 2.43. The molecule has 1 atom stereocenters. The molecule has 0 saturated carbocycles. The van der Waals surface area contributed by atoms with E-state index in [1.165, 1.54) is 11.8 Å². The lowest BCUT2D eigenvalue weighted by Crippen LogP contribution is -2.29. The average molecular weight is 283 g/mol. The molecule has 1 rings (SSSR count). The molecule has 1 aromatic carbocycles. The van der Waals surface area contributed by atoms with E-state index in [4.69, 9.17) is 15.6 Å². The van der Waals surface area contributed by atoms with Crippen molar-refractivity contribution in [1.29, 1.82) is 0 Å². The van der Waals surface area contributed by atoms with Crippen molar-refractivity contribution in [1.82, 2.24) is 0 Å². The van der Waals surface area contributed by atoms with Gasteiger partial charge in [0.2, 0.25) is 5.12 Å². The van der Waals surface area contributed by atoms with Gasteiger partial charge in [-0.15, -0.1) is 0 Å². The van der Waals surface area contributed by atoms with Gasteiger partial charge in [0, 0.05) is 11.3 Å². The molecule has 0 saturated heterocycles. The molecule has 6 heteroatoms. The molecule has 0 aliphatic rings. The molecule has 0 spiro atoms. The molecule has 0 amide bonds. The predicted octanol–water partition coefficient (Wildman–Crippen LogP) is 1.76. The molecule has 0 fully saturated rings. The smallest absolute Gasteiger partial charge is 0.320 e. The monoisotopic (exact) mass is 283 g/mol. The van der Waals surface area contributed by atoms with Crippen LogP contribution in [0.15, 0.2) is 24.3 Å². The van der Waals surface area contributed by atoms with Crippen molar-refractivity contribution < 1.29 is 19.4 Å². The number of hydrogen-bond acceptors (Lipinski definition) is 5. The molecule has 0 radical (unpaired) electrons. The number of hydrogen-bond donors (Lipinski definition) is 2. The minimum Gasteiger partial charge on any atom is -0.497 e. The van der Waals surface area contributed by atoms with Crippen molar-refractivity contribution in [2.75, 3.05) is 12.9 Å². The number of rotatable bonds is 7. The van der Waals surface area contributed by atoms with Crippen LogP contribution in [0.3, 0.4) is 0 Å². The third-order valence-electron chi connectivity index (χ3n) is 2.54. The van der Waals surface area contributed by atoms with Gasteiger partial charge in [-0.25, -0.2) is 0 Å². The van der Waals surface area contributed by atoms with E-state index < -0.39 is 12.0 Å². The van der Waals surface area contributed by atoms with Crippen LogP contribution in [0.4, 0.5) is 0 Å². The third-order valence-corrected chi connectivity index (χ3v) is 3.53. The summed E-state index contributed by atoms with van der Waals surface area (Å²) in [5.74, 6) is 0.256. The maximum Gasteiger partial charge on any atom is 0.320 e. The summed E-state index contributed by atoms with van der Waals surface area (Å²) in [5, 5.41) is 8.57. The number of benzene rings is 1. The molecule has 0 aliphatic heterocycles. The zero-order chi connectivity index (χ0) is 14.3. The van der Waals surface area contributed by atoms with Gasteiger partial charge in [-0.05, 0) is 37.1 Å². The molecular formula is C13H17NO4S. The summed E-state index contributed by atoms with van der Waals surface area (Å²) in [7, 11) is 1.57. The van der Waals surface area contributed by atoms with Crippen LogP contribution in [0.1, 0.15) is 23.2 Å². The molecule has 0 bridgehead atoms. The molecule has 0 aliphatic carbocycles.